The minimum absolute atomic E-state index is 0.515. The number of nitrogens with zero attached hydrogens (tertiary/aromatic N) is 1. The second-order valence-electron chi connectivity index (χ2n) is 10.7. The molecule has 0 bridgehead atoms. The molecule has 3 heteroatoms. The lowest BCUT2D eigenvalue weighted by Crippen LogP contribution is -2.31. The molecule has 0 fully saturated rings. The summed E-state index contributed by atoms with van der Waals surface area (Å²) in [5, 5.41) is 19.0. The Balaban J connectivity index is 1.61. The van der Waals surface area contributed by atoms with Gasteiger partial charge in [0.2, 0.25) is 0 Å². The lowest BCUT2D eigenvalue weighted by Gasteiger charge is -2.26. The molecule has 1 atom stereocenters. The highest BCUT2D eigenvalue weighted by molar-refractivity contribution is 9.10. The van der Waals surface area contributed by atoms with E-state index in [-0.39, 0.29) is 0 Å². The SMILES string of the molecule is CCCCCCCN(CCCCCCC)CC(O)c1cccc2ccc3c4ccccc4cc(Br)c3c12. The van der Waals surface area contributed by atoms with Gasteiger partial charge in [-0.15, -0.1) is 0 Å². The van der Waals surface area contributed by atoms with Crippen LogP contribution in [-0.4, -0.2) is 29.6 Å². The molecule has 0 saturated heterocycles. The molecule has 0 aliphatic rings. The van der Waals surface area contributed by atoms with E-state index >= 15 is 0 Å². The molecule has 4 aromatic rings. The van der Waals surface area contributed by atoms with Crippen LogP contribution < -0.4 is 0 Å². The quantitative estimate of drug-likeness (QED) is 0.115. The molecule has 37 heavy (non-hydrogen) atoms. The van der Waals surface area contributed by atoms with Crippen molar-refractivity contribution in [1.82, 2.24) is 4.90 Å². The van der Waals surface area contributed by atoms with E-state index in [0.717, 1.165) is 23.1 Å². The van der Waals surface area contributed by atoms with E-state index in [4.69, 9.17) is 0 Å². The van der Waals surface area contributed by atoms with E-state index in [0.29, 0.717) is 6.54 Å². The van der Waals surface area contributed by atoms with Gasteiger partial charge in [0, 0.05) is 16.4 Å². The molecule has 0 saturated carbocycles. The van der Waals surface area contributed by atoms with Crippen molar-refractivity contribution in [2.45, 2.75) is 84.2 Å². The maximum Gasteiger partial charge on any atom is 0.0923 e. The van der Waals surface area contributed by atoms with Crippen molar-refractivity contribution in [3.63, 3.8) is 0 Å². The van der Waals surface area contributed by atoms with Crippen molar-refractivity contribution in [3.05, 3.63) is 70.7 Å². The number of aliphatic hydroxyl groups excluding tert-OH is 1. The van der Waals surface area contributed by atoms with Crippen molar-refractivity contribution >= 4 is 48.2 Å². The van der Waals surface area contributed by atoms with Gasteiger partial charge in [-0.2, -0.15) is 0 Å². The Morgan fingerprint density at radius 1 is 0.676 bits per heavy atom. The standard InChI is InChI=1S/C34H44BrNO/c1-3-5-7-9-13-22-36(23-14-10-8-6-4-2)25-32(37)30-19-15-17-26-20-21-29-28-18-12-11-16-27(28)24-31(35)34(29)33(26)30/h11-12,15-21,24,32,37H,3-10,13-14,22-23,25H2,1-2H3. The summed E-state index contributed by atoms with van der Waals surface area (Å²) in [7, 11) is 0. The minimum atomic E-state index is -0.515. The molecule has 198 valence electrons. The number of hydrogen-bond donors (Lipinski definition) is 1. The number of halogens is 1. The molecule has 0 aliphatic heterocycles. The number of benzene rings is 4. The van der Waals surface area contributed by atoms with Crippen LogP contribution in [0.4, 0.5) is 0 Å². The Morgan fingerprint density at radius 3 is 2.03 bits per heavy atom. The predicted octanol–water partition coefficient (Wildman–Crippen LogP) is 10.2. The molecule has 0 aliphatic carbocycles. The van der Waals surface area contributed by atoms with Gasteiger partial charge >= 0.3 is 0 Å². The zero-order valence-corrected chi connectivity index (χ0v) is 24.4. The molecule has 1 unspecified atom stereocenters. The largest absolute Gasteiger partial charge is 0.387 e. The van der Waals surface area contributed by atoms with Crippen LogP contribution in [0.2, 0.25) is 0 Å². The Kier molecular flexibility index (Phi) is 10.8. The first-order chi connectivity index (χ1) is 18.1. The average Bonchev–Trinajstić information content (AvgIpc) is 2.91. The maximum absolute atomic E-state index is 11.7. The van der Waals surface area contributed by atoms with Gasteiger partial charge in [-0.05, 0) is 64.5 Å². The second-order valence-corrected chi connectivity index (χ2v) is 11.5. The highest BCUT2D eigenvalue weighted by Crippen LogP contribution is 2.39. The fourth-order valence-corrected chi connectivity index (χ4v) is 6.41. The zero-order chi connectivity index (χ0) is 26.0. The second kappa shape index (κ2) is 14.3. The summed E-state index contributed by atoms with van der Waals surface area (Å²) in [5.74, 6) is 0. The Hall–Kier alpha value is -1.94. The van der Waals surface area contributed by atoms with Gasteiger partial charge in [0.05, 0.1) is 6.10 Å². The summed E-state index contributed by atoms with van der Waals surface area (Å²) in [6, 6.07) is 21.7. The van der Waals surface area contributed by atoms with Gasteiger partial charge in [0.15, 0.2) is 0 Å². The normalized spacial score (nSPS) is 12.8. The lowest BCUT2D eigenvalue weighted by molar-refractivity contribution is 0.111. The van der Waals surface area contributed by atoms with Crippen LogP contribution in [0.5, 0.6) is 0 Å². The first kappa shape index (κ1) is 28.1. The lowest BCUT2D eigenvalue weighted by atomic mass is 9.92. The fourth-order valence-electron chi connectivity index (χ4n) is 5.75. The van der Waals surface area contributed by atoms with Gasteiger partial charge in [0.25, 0.3) is 0 Å². The number of aliphatic hydroxyl groups is 1. The molecule has 0 amide bonds. The molecule has 2 nitrogen and oxygen atoms in total. The van der Waals surface area contributed by atoms with Crippen molar-refractivity contribution in [2.24, 2.45) is 0 Å². The Labute approximate surface area is 232 Å². The van der Waals surface area contributed by atoms with Crippen LogP contribution in [0, 0.1) is 0 Å². The molecule has 4 rings (SSSR count). The topological polar surface area (TPSA) is 23.5 Å². The van der Waals surface area contributed by atoms with E-state index in [1.54, 1.807) is 0 Å². The number of unbranched alkanes of at least 4 members (excludes halogenated alkanes) is 8. The molecular formula is C34H44BrNO. The van der Waals surface area contributed by atoms with E-state index < -0.39 is 6.10 Å². The summed E-state index contributed by atoms with van der Waals surface area (Å²) in [6.45, 7) is 7.40. The smallest absolute Gasteiger partial charge is 0.0923 e. The number of hydrogen-bond acceptors (Lipinski definition) is 2. The van der Waals surface area contributed by atoms with Gasteiger partial charge in [0.1, 0.15) is 0 Å². The first-order valence-corrected chi connectivity index (χ1v) is 15.4. The monoisotopic (exact) mass is 561 g/mol. The van der Waals surface area contributed by atoms with Gasteiger partial charge < -0.3 is 10.0 Å². The summed E-state index contributed by atoms with van der Waals surface area (Å²) < 4.78 is 1.09. The average molecular weight is 563 g/mol. The molecule has 0 spiro atoms. The molecule has 4 aromatic carbocycles. The summed E-state index contributed by atoms with van der Waals surface area (Å²) >= 11 is 3.89. The van der Waals surface area contributed by atoms with Gasteiger partial charge in [-0.3, -0.25) is 0 Å². The van der Waals surface area contributed by atoms with Crippen LogP contribution in [0.3, 0.4) is 0 Å². The van der Waals surface area contributed by atoms with E-state index in [2.05, 4.69) is 95.3 Å². The maximum atomic E-state index is 11.7. The van der Waals surface area contributed by atoms with E-state index in [9.17, 15) is 5.11 Å². The van der Waals surface area contributed by atoms with Crippen LogP contribution in [0.15, 0.2) is 65.1 Å². The molecule has 0 heterocycles. The third-order valence-electron chi connectivity index (χ3n) is 7.80. The summed E-state index contributed by atoms with van der Waals surface area (Å²) in [6.07, 6.45) is 12.3. The van der Waals surface area contributed by atoms with Crippen molar-refractivity contribution in [3.8, 4) is 0 Å². The van der Waals surface area contributed by atoms with E-state index in [1.165, 1.54) is 96.5 Å². The Bertz CT molecular complexity index is 1270. The number of rotatable bonds is 15. The number of fused-ring (bicyclic) bond motifs is 5. The highest BCUT2D eigenvalue weighted by atomic mass is 79.9. The summed E-state index contributed by atoms with van der Waals surface area (Å²) in [5.41, 5.74) is 1.04. The molecular weight excluding hydrogens is 518 g/mol. The van der Waals surface area contributed by atoms with Crippen LogP contribution in [0.25, 0.3) is 32.3 Å². The third-order valence-corrected chi connectivity index (χ3v) is 8.42. The van der Waals surface area contributed by atoms with E-state index in [1.807, 2.05) is 0 Å². The minimum Gasteiger partial charge on any atom is -0.387 e. The fraction of sp³-hybridized carbons (Fsp3) is 0.471. The van der Waals surface area contributed by atoms with Crippen LogP contribution >= 0.6 is 15.9 Å². The predicted molar refractivity (Wildman–Crippen MR) is 166 cm³/mol. The van der Waals surface area contributed by atoms with Crippen molar-refractivity contribution in [2.75, 3.05) is 19.6 Å². The Morgan fingerprint density at radius 2 is 1.32 bits per heavy atom. The first-order valence-electron chi connectivity index (χ1n) is 14.6. The van der Waals surface area contributed by atoms with Gasteiger partial charge in [-0.1, -0.05) is 136 Å². The molecule has 0 radical (unpaired) electrons. The third kappa shape index (κ3) is 7.13. The zero-order valence-electron chi connectivity index (χ0n) is 22.8. The van der Waals surface area contributed by atoms with Crippen LogP contribution in [-0.2, 0) is 0 Å². The van der Waals surface area contributed by atoms with Crippen molar-refractivity contribution < 1.29 is 5.11 Å². The van der Waals surface area contributed by atoms with Gasteiger partial charge in [-0.25, -0.2) is 0 Å². The highest BCUT2D eigenvalue weighted by Gasteiger charge is 2.19. The summed E-state index contributed by atoms with van der Waals surface area (Å²) in [4.78, 5) is 2.52. The molecule has 1 N–H and O–H groups in total. The van der Waals surface area contributed by atoms with Crippen molar-refractivity contribution in [1.29, 1.82) is 0 Å². The van der Waals surface area contributed by atoms with Crippen LogP contribution in [0.1, 0.15) is 89.7 Å². The molecule has 0 aromatic heterocycles.